The van der Waals surface area contributed by atoms with Crippen LogP contribution < -0.4 is 0 Å². The molecule has 3 aliphatic rings. The third kappa shape index (κ3) is 4.55. The van der Waals surface area contributed by atoms with E-state index >= 15 is 0 Å². The van der Waals surface area contributed by atoms with Crippen LogP contribution in [-0.4, -0.2) is 77.0 Å². The fraction of sp³-hybridized carbons (Fsp3) is 0.933. The van der Waals surface area contributed by atoms with Gasteiger partial charge in [0.15, 0.2) is 0 Å². The molecule has 0 bridgehead atoms. The number of hydrogen-bond donors (Lipinski definition) is 0. The molecule has 2 heterocycles. The van der Waals surface area contributed by atoms with Crippen LogP contribution in [0.3, 0.4) is 0 Å². The molecule has 0 amide bonds. The van der Waals surface area contributed by atoms with Crippen LogP contribution in [0.15, 0.2) is 0 Å². The van der Waals surface area contributed by atoms with Crippen LogP contribution in [0.5, 0.6) is 0 Å². The second-order valence-electron chi connectivity index (χ2n) is 6.29. The van der Waals surface area contributed by atoms with E-state index in [2.05, 4.69) is 14.7 Å². The Bertz CT molecular complexity index is 344. The van der Waals surface area contributed by atoms with Crippen molar-refractivity contribution in [3.05, 3.63) is 0 Å². The standard InChI is InChI=1S/C15H27N3OS2/c20-15-18(14-4-2-1-3-5-14)12-17(13-21-15)7-6-16-8-10-19-11-9-16/h14H,1-13H2. The van der Waals surface area contributed by atoms with Gasteiger partial charge in [-0.05, 0) is 12.8 Å². The monoisotopic (exact) mass is 329 g/mol. The third-order valence-corrected chi connectivity index (χ3v) is 6.37. The molecular formula is C15H27N3OS2. The fourth-order valence-electron chi connectivity index (χ4n) is 3.44. The Kier molecular flexibility index (Phi) is 6.18. The molecule has 0 spiro atoms. The molecule has 3 rings (SSSR count). The molecule has 0 aromatic carbocycles. The van der Waals surface area contributed by atoms with Crippen molar-refractivity contribution in [2.75, 3.05) is 51.9 Å². The van der Waals surface area contributed by atoms with Crippen molar-refractivity contribution >= 4 is 28.3 Å². The molecule has 0 radical (unpaired) electrons. The van der Waals surface area contributed by atoms with Crippen molar-refractivity contribution < 1.29 is 4.74 Å². The van der Waals surface area contributed by atoms with E-state index in [1.165, 1.54) is 32.1 Å². The van der Waals surface area contributed by atoms with Gasteiger partial charge in [0.2, 0.25) is 0 Å². The van der Waals surface area contributed by atoms with Gasteiger partial charge in [-0.1, -0.05) is 43.2 Å². The van der Waals surface area contributed by atoms with E-state index in [9.17, 15) is 0 Å². The van der Waals surface area contributed by atoms with Crippen molar-refractivity contribution in [2.24, 2.45) is 0 Å². The Morgan fingerprint density at radius 3 is 2.52 bits per heavy atom. The van der Waals surface area contributed by atoms with Crippen LogP contribution >= 0.6 is 24.0 Å². The zero-order chi connectivity index (χ0) is 14.5. The van der Waals surface area contributed by atoms with Crippen LogP contribution in [0.1, 0.15) is 32.1 Å². The first-order valence-corrected chi connectivity index (χ1v) is 9.68. The van der Waals surface area contributed by atoms with E-state index in [0.717, 1.165) is 56.3 Å². The minimum atomic E-state index is 0.699. The maximum Gasteiger partial charge on any atom is 0.138 e. The fourth-order valence-corrected chi connectivity index (χ4v) is 4.68. The van der Waals surface area contributed by atoms with Crippen LogP contribution in [0.25, 0.3) is 0 Å². The first-order valence-electron chi connectivity index (χ1n) is 8.29. The molecule has 0 unspecified atom stereocenters. The summed E-state index contributed by atoms with van der Waals surface area (Å²) in [6.07, 6.45) is 6.82. The predicted molar refractivity (Wildman–Crippen MR) is 92.6 cm³/mol. The van der Waals surface area contributed by atoms with Gasteiger partial charge in [-0.3, -0.25) is 9.80 Å². The average molecular weight is 330 g/mol. The van der Waals surface area contributed by atoms with Gasteiger partial charge in [0.05, 0.1) is 25.8 Å². The Morgan fingerprint density at radius 2 is 1.76 bits per heavy atom. The van der Waals surface area contributed by atoms with Crippen LogP contribution in [-0.2, 0) is 4.74 Å². The van der Waals surface area contributed by atoms with Crippen LogP contribution in [0.2, 0.25) is 0 Å². The van der Waals surface area contributed by atoms with E-state index in [0.29, 0.717) is 6.04 Å². The molecule has 1 saturated carbocycles. The third-order valence-electron chi connectivity index (χ3n) is 4.81. The second kappa shape index (κ2) is 8.11. The summed E-state index contributed by atoms with van der Waals surface area (Å²) in [5.74, 6) is 1.06. The quantitative estimate of drug-likeness (QED) is 0.731. The van der Waals surface area contributed by atoms with E-state index in [1.807, 2.05) is 11.8 Å². The molecule has 1 aliphatic carbocycles. The Balaban J connectivity index is 1.46. The second-order valence-corrected chi connectivity index (χ2v) is 7.87. The molecule has 0 aromatic rings. The highest BCUT2D eigenvalue weighted by molar-refractivity contribution is 8.22. The minimum Gasteiger partial charge on any atom is -0.379 e. The van der Waals surface area contributed by atoms with Gasteiger partial charge in [0.1, 0.15) is 4.32 Å². The number of thiocarbonyl (C=S) groups is 1. The molecule has 0 aromatic heterocycles. The maximum absolute atomic E-state index is 5.61. The number of ether oxygens (including phenoxy) is 1. The lowest BCUT2D eigenvalue weighted by Gasteiger charge is -2.43. The molecule has 120 valence electrons. The molecule has 0 N–H and O–H groups in total. The van der Waals surface area contributed by atoms with Gasteiger partial charge in [-0.25, -0.2) is 0 Å². The summed E-state index contributed by atoms with van der Waals surface area (Å²) < 4.78 is 6.55. The van der Waals surface area contributed by atoms with Crippen molar-refractivity contribution in [3.8, 4) is 0 Å². The van der Waals surface area contributed by atoms with Gasteiger partial charge in [-0.15, -0.1) is 0 Å². The van der Waals surface area contributed by atoms with Gasteiger partial charge in [0, 0.05) is 32.2 Å². The summed E-state index contributed by atoms with van der Waals surface area (Å²) in [4.78, 5) is 7.58. The van der Waals surface area contributed by atoms with E-state index in [-0.39, 0.29) is 0 Å². The largest absolute Gasteiger partial charge is 0.379 e. The smallest absolute Gasteiger partial charge is 0.138 e. The van der Waals surface area contributed by atoms with Gasteiger partial charge in [0.25, 0.3) is 0 Å². The van der Waals surface area contributed by atoms with Crippen molar-refractivity contribution in [3.63, 3.8) is 0 Å². The predicted octanol–water partition coefficient (Wildman–Crippen LogP) is 2.20. The lowest BCUT2D eigenvalue weighted by Crippen LogP contribution is -2.52. The van der Waals surface area contributed by atoms with Gasteiger partial charge in [-0.2, -0.15) is 0 Å². The summed E-state index contributed by atoms with van der Waals surface area (Å²) in [5.41, 5.74) is 0. The number of hydrogen-bond acceptors (Lipinski definition) is 5. The maximum atomic E-state index is 5.61. The number of nitrogens with zero attached hydrogens (tertiary/aromatic N) is 3. The first kappa shape index (κ1) is 16.0. The summed E-state index contributed by atoms with van der Waals surface area (Å²) in [6, 6.07) is 0.699. The molecule has 6 heteroatoms. The van der Waals surface area contributed by atoms with Crippen molar-refractivity contribution in [1.82, 2.24) is 14.7 Å². The number of rotatable bonds is 4. The van der Waals surface area contributed by atoms with Gasteiger partial charge < -0.3 is 9.64 Å². The zero-order valence-corrected chi connectivity index (χ0v) is 14.5. The lowest BCUT2D eigenvalue weighted by atomic mass is 9.95. The zero-order valence-electron chi connectivity index (χ0n) is 12.8. The Labute approximate surface area is 138 Å². The summed E-state index contributed by atoms with van der Waals surface area (Å²) in [7, 11) is 0. The van der Waals surface area contributed by atoms with E-state index in [1.54, 1.807) is 0 Å². The van der Waals surface area contributed by atoms with Crippen LogP contribution in [0.4, 0.5) is 0 Å². The highest BCUT2D eigenvalue weighted by Gasteiger charge is 2.28. The molecule has 2 saturated heterocycles. The Hall–Kier alpha value is 0.120. The van der Waals surface area contributed by atoms with E-state index < -0.39 is 0 Å². The van der Waals surface area contributed by atoms with Crippen molar-refractivity contribution in [2.45, 2.75) is 38.1 Å². The highest BCUT2D eigenvalue weighted by atomic mass is 32.2. The normalized spacial score (nSPS) is 27.2. The number of thioether (sulfide) groups is 1. The topological polar surface area (TPSA) is 19.0 Å². The number of morpholine rings is 1. The molecular weight excluding hydrogens is 302 g/mol. The summed E-state index contributed by atoms with van der Waals surface area (Å²) >= 11 is 7.46. The molecule has 3 fully saturated rings. The molecule has 4 nitrogen and oxygen atoms in total. The van der Waals surface area contributed by atoms with Gasteiger partial charge >= 0.3 is 0 Å². The van der Waals surface area contributed by atoms with Crippen LogP contribution in [0, 0.1) is 0 Å². The Morgan fingerprint density at radius 1 is 1.05 bits per heavy atom. The highest BCUT2D eigenvalue weighted by Crippen LogP contribution is 2.28. The minimum absolute atomic E-state index is 0.699. The lowest BCUT2D eigenvalue weighted by molar-refractivity contribution is 0.0315. The van der Waals surface area contributed by atoms with Crippen molar-refractivity contribution in [1.29, 1.82) is 0 Å². The molecule has 21 heavy (non-hydrogen) atoms. The SMILES string of the molecule is S=C1SCN(CCN2CCOCC2)CN1C1CCCCC1. The summed E-state index contributed by atoms with van der Waals surface area (Å²) in [6.45, 7) is 7.33. The summed E-state index contributed by atoms with van der Waals surface area (Å²) in [5, 5.41) is 0. The van der Waals surface area contributed by atoms with E-state index in [4.69, 9.17) is 17.0 Å². The molecule has 2 aliphatic heterocycles. The average Bonchev–Trinajstić information content (AvgIpc) is 2.56. The first-order chi connectivity index (χ1) is 10.3. The molecule has 0 atom stereocenters.